The van der Waals surface area contributed by atoms with E-state index in [0.29, 0.717) is 28.3 Å². The molecule has 0 saturated carbocycles. The second-order valence-electron chi connectivity index (χ2n) is 6.94. The second-order valence-corrected chi connectivity index (χ2v) is 7.34. The second kappa shape index (κ2) is 6.85. The van der Waals surface area contributed by atoms with Gasteiger partial charge in [-0.2, -0.15) is 13.2 Å². The van der Waals surface area contributed by atoms with Crippen molar-refractivity contribution in [2.24, 2.45) is 5.92 Å². The Morgan fingerprint density at radius 1 is 1.21 bits per heavy atom. The summed E-state index contributed by atoms with van der Waals surface area (Å²) in [4.78, 5) is 12.3. The number of halogens is 4. The van der Waals surface area contributed by atoms with E-state index in [9.17, 15) is 18.0 Å². The number of benzene rings is 2. The fourth-order valence-corrected chi connectivity index (χ4v) is 4.52. The van der Waals surface area contributed by atoms with Crippen LogP contribution >= 0.6 is 11.6 Å². The number of hydrogen-bond donors (Lipinski definition) is 1. The molecule has 1 aliphatic carbocycles. The number of rotatable bonds is 2. The van der Waals surface area contributed by atoms with Gasteiger partial charge in [-0.05, 0) is 41.7 Å². The topological polar surface area (TPSA) is 38.3 Å². The Morgan fingerprint density at radius 2 is 1.96 bits per heavy atom. The van der Waals surface area contributed by atoms with Crippen LogP contribution in [-0.2, 0) is 10.9 Å². The fourth-order valence-electron chi connectivity index (χ4n) is 4.30. The molecule has 28 heavy (non-hydrogen) atoms. The monoisotopic (exact) mass is 407 g/mol. The lowest BCUT2D eigenvalue weighted by Crippen LogP contribution is -2.32. The van der Waals surface area contributed by atoms with Gasteiger partial charge in [-0.3, -0.25) is 0 Å². The molecule has 7 heteroatoms. The van der Waals surface area contributed by atoms with E-state index >= 15 is 0 Å². The zero-order valence-electron chi connectivity index (χ0n) is 14.9. The van der Waals surface area contributed by atoms with E-state index in [-0.39, 0.29) is 17.4 Å². The highest BCUT2D eigenvalue weighted by Crippen LogP contribution is 2.54. The van der Waals surface area contributed by atoms with Crippen LogP contribution in [0.3, 0.4) is 0 Å². The minimum Gasteiger partial charge on any atom is -0.465 e. The number of ether oxygens (including phenoxy) is 1. The molecular formula is C21H17ClF3NO2. The fraction of sp³-hybridized carbons (Fsp3) is 0.286. The predicted molar refractivity (Wildman–Crippen MR) is 101 cm³/mol. The van der Waals surface area contributed by atoms with Gasteiger partial charge < -0.3 is 10.1 Å². The van der Waals surface area contributed by atoms with E-state index in [1.807, 2.05) is 12.2 Å². The van der Waals surface area contributed by atoms with Crippen molar-refractivity contribution in [1.82, 2.24) is 0 Å². The van der Waals surface area contributed by atoms with Gasteiger partial charge in [0.15, 0.2) is 0 Å². The first-order valence-electron chi connectivity index (χ1n) is 8.83. The molecule has 3 atom stereocenters. The van der Waals surface area contributed by atoms with Gasteiger partial charge in [-0.1, -0.05) is 42.0 Å². The molecule has 0 saturated heterocycles. The van der Waals surface area contributed by atoms with Crippen molar-refractivity contribution in [3.63, 3.8) is 0 Å². The molecule has 0 unspecified atom stereocenters. The molecule has 2 aromatic rings. The summed E-state index contributed by atoms with van der Waals surface area (Å²) in [6.07, 6.45) is 0.0203. The summed E-state index contributed by atoms with van der Waals surface area (Å²) < 4.78 is 45.7. The van der Waals surface area contributed by atoms with Crippen LogP contribution in [0.15, 0.2) is 48.6 Å². The number of hydrogen-bond acceptors (Lipinski definition) is 3. The molecular weight excluding hydrogens is 391 g/mol. The van der Waals surface area contributed by atoms with Crippen LogP contribution in [0.4, 0.5) is 18.9 Å². The minimum atomic E-state index is -4.46. The summed E-state index contributed by atoms with van der Waals surface area (Å²) in [7, 11) is 1.30. The molecule has 0 radical (unpaired) electrons. The van der Waals surface area contributed by atoms with Crippen LogP contribution in [0.25, 0.3) is 0 Å². The van der Waals surface area contributed by atoms with Crippen LogP contribution in [0, 0.1) is 5.92 Å². The third-order valence-corrected chi connectivity index (χ3v) is 5.79. The largest absolute Gasteiger partial charge is 0.465 e. The Hall–Kier alpha value is -2.47. The first kappa shape index (κ1) is 18.9. The van der Waals surface area contributed by atoms with E-state index in [4.69, 9.17) is 16.3 Å². The lowest BCUT2D eigenvalue weighted by Gasteiger charge is -2.39. The molecule has 1 N–H and O–H groups in total. The lowest BCUT2D eigenvalue weighted by molar-refractivity contribution is -0.138. The van der Waals surface area contributed by atoms with Crippen molar-refractivity contribution < 1.29 is 22.7 Å². The van der Waals surface area contributed by atoms with E-state index in [0.717, 1.165) is 6.07 Å². The van der Waals surface area contributed by atoms with E-state index in [1.54, 1.807) is 18.2 Å². The van der Waals surface area contributed by atoms with Crippen LogP contribution in [0.1, 0.15) is 45.4 Å². The quantitative estimate of drug-likeness (QED) is 0.492. The van der Waals surface area contributed by atoms with Crippen molar-refractivity contribution in [2.75, 3.05) is 12.4 Å². The van der Waals surface area contributed by atoms with Crippen LogP contribution in [0.5, 0.6) is 0 Å². The van der Waals surface area contributed by atoms with E-state index in [2.05, 4.69) is 5.32 Å². The average Bonchev–Trinajstić information content (AvgIpc) is 3.16. The number of carbonyl (C=O) groups is 1. The molecule has 0 spiro atoms. The highest BCUT2D eigenvalue weighted by molar-refractivity contribution is 6.33. The van der Waals surface area contributed by atoms with Crippen molar-refractivity contribution in [3.8, 4) is 0 Å². The zero-order valence-corrected chi connectivity index (χ0v) is 15.6. The van der Waals surface area contributed by atoms with Gasteiger partial charge in [0.2, 0.25) is 0 Å². The van der Waals surface area contributed by atoms with Crippen molar-refractivity contribution in [2.45, 2.75) is 24.6 Å². The highest BCUT2D eigenvalue weighted by Gasteiger charge is 2.44. The van der Waals surface area contributed by atoms with Gasteiger partial charge in [-0.25, -0.2) is 4.79 Å². The number of anilines is 1. The molecule has 1 heterocycles. The number of esters is 1. The molecule has 1 aliphatic heterocycles. The predicted octanol–water partition coefficient (Wildman–Crippen LogP) is 5.97. The van der Waals surface area contributed by atoms with Gasteiger partial charge in [0, 0.05) is 5.92 Å². The molecule has 4 rings (SSSR count). The molecule has 0 aromatic heterocycles. The Balaban J connectivity index is 1.89. The maximum atomic E-state index is 13.6. The maximum Gasteiger partial charge on any atom is 0.416 e. The number of fused-ring (bicyclic) bond motifs is 3. The third-order valence-electron chi connectivity index (χ3n) is 5.48. The summed E-state index contributed by atoms with van der Waals surface area (Å²) in [6, 6.07) is 8.15. The van der Waals surface area contributed by atoms with Crippen LogP contribution < -0.4 is 5.32 Å². The minimum absolute atomic E-state index is 0.169. The number of alkyl halides is 3. The Labute approximate surface area is 165 Å². The maximum absolute atomic E-state index is 13.6. The molecule has 0 amide bonds. The van der Waals surface area contributed by atoms with Crippen molar-refractivity contribution in [1.29, 1.82) is 0 Å². The Morgan fingerprint density at radius 3 is 2.68 bits per heavy atom. The SMILES string of the molecule is COC(=O)c1ccc(Cl)c2c1[C@@H]1C=CC[C@@H]1[C@@H](c1ccccc1C(F)(F)F)N2. The van der Waals surface area contributed by atoms with Gasteiger partial charge in [0.25, 0.3) is 0 Å². The molecule has 2 aliphatic rings. The first-order valence-corrected chi connectivity index (χ1v) is 9.20. The summed E-state index contributed by atoms with van der Waals surface area (Å²) in [6.45, 7) is 0. The zero-order chi connectivity index (χ0) is 20.1. The highest BCUT2D eigenvalue weighted by atomic mass is 35.5. The van der Waals surface area contributed by atoms with Gasteiger partial charge >= 0.3 is 12.1 Å². The van der Waals surface area contributed by atoms with Crippen LogP contribution in [-0.4, -0.2) is 13.1 Å². The smallest absolute Gasteiger partial charge is 0.416 e. The summed E-state index contributed by atoms with van der Waals surface area (Å²) in [5, 5.41) is 3.56. The average molecular weight is 408 g/mol. The Bertz CT molecular complexity index is 971. The summed E-state index contributed by atoms with van der Waals surface area (Å²) >= 11 is 6.37. The number of allylic oxidation sites excluding steroid dienone is 2. The number of methoxy groups -OCH3 is 1. The van der Waals surface area contributed by atoms with E-state index < -0.39 is 23.8 Å². The normalized spacial score (nSPS) is 23.0. The van der Waals surface area contributed by atoms with Gasteiger partial charge in [-0.15, -0.1) is 0 Å². The van der Waals surface area contributed by atoms with Crippen molar-refractivity contribution in [3.05, 3.63) is 75.8 Å². The molecule has 0 fully saturated rings. The van der Waals surface area contributed by atoms with Gasteiger partial charge in [0.05, 0.1) is 35.0 Å². The van der Waals surface area contributed by atoms with Crippen LogP contribution in [0.2, 0.25) is 5.02 Å². The van der Waals surface area contributed by atoms with E-state index in [1.165, 1.54) is 19.2 Å². The molecule has 146 valence electrons. The number of nitrogens with one attached hydrogen (secondary N) is 1. The molecule has 0 bridgehead atoms. The third kappa shape index (κ3) is 2.96. The molecule has 2 aromatic carbocycles. The lowest BCUT2D eigenvalue weighted by atomic mass is 9.74. The van der Waals surface area contributed by atoms with Gasteiger partial charge in [0.1, 0.15) is 0 Å². The Kier molecular flexibility index (Phi) is 4.62. The molecule has 3 nitrogen and oxygen atoms in total. The summed E-state index contributed by atoms with van der Waals surface area (Å²) in [5.41, 5.74) is 1.05. The standard InChI is InChI=1S/C21H17ClF3NO2/c1-28-20(27)14-9-10-16(22)19-17(14)11-6-4-7-12(11)18(26-19)13-5-2-3-8-15(13)21(23,24)25/h2-6,8-12,18,26H,7H2,1H3/t11-,12+,18+/m1/s1. The van der Waals surface area contributed by atoms with Crippen molar-refractivity contribution >= 4 is 23.3 Å². The number of carbonyl (C=O) groups excluding carboxylic acids is 1. The first-order chi connectivity index (χ1) is 13.3. The summed E-state index contributed by atoms with van der Waals surface area (Å²) in [5.74, 6) is -0.892.